The highest BCUT2D eigenvalue weighted by Gasteiger charge is 2.36. The predicted molar refractivity (Wildman–Crippen MR) is 91.2 cm³/mol. The molecular weight excluding hydrogens is 354 g/mol. The van der Waals surface area contributed by atoms with Crippen LogP contribution in [0.5, 0.6) is 0 Å². The largest absolute Gasteiger partial charge is 0.481 e. The number of carbonyl (C=O) groups is 2. The Balaban J connectivity index is 3.52. The highest BCUT2D eigenvalue weighted by molar-refractivity contribution is 7.97. The molecule has 1 aromatic carbocycles. The van der Waals surface area contributed by atoms with Crippen LogP contribution in [0.15, 0.2) is 45.2 Å². The lowest BCUT2D eigenvalue weighted by molar-refractivity contribution is -0.138. The lowest BCUT2D eigenvalue weighted by Crippen LogP contribution is -2.38. The van der Waals surface area contributed by atoms with E-state index in [1.807, 2.05) is 0 Å². The third-order valence-electron chi connectivity index (χ3n) is 3.21. The van der Waals surface area contributed by atoms with Gasteiger partial charge in [0.05, 0.1) is 17.4 Å². The average Bonchev–Trinajstić information content (AvgIpc) is 2.45. The topological polar surface area (TPSA) is 115 Å². The summed E-state index contributed by atoms with van der Waals surface area (Å²) in [4.78, 5) is 23.3. The number of halogens is 1. The van der Waals surface area contributed by atoms with Crippen molar-refractivity contribution in [1.82, 2.24) is 0 Å². The summed E-state index contributed by atoms with van der Waals surface area (Å²) >= 11 is 6.10. The van der Waals surface area contributed by atoms with E-state index in [0.717, 1.165) is 0 Å². The molecule has 132 valence electrons. The number of rotatable bonds is 6. The van der Waals surface area contributed by atoms with Gasteiger partial charge in [0.2, 0.25) is 9.84 Å². The minimum atomic E-state index is -4.11. The molecule has 0 amide bonds. The quantitative estimate of drug-likeness (QED) is 0.739. The summed E-state index contributed by atoms with van der Waals surface area (Å²) in [7, 11) is -4.11. The maximum absolute atomic E-state index is 12.7. The van der Waals surface area contributed by atoms with Gasteiger partial charge in [-0.15, -0.1) is 0 Å². The smallest absolute Gasteiger partial charge is 0.305 e. The van der Waals surface area contributed by atoms with Crippen LogP contribution in [0.2, 0.25) is 0 Å². The molecule has 1 rings (SSSR count). The number of aliphatic carboxylic acids is 1. The first-order chi connectivity index (χ1) is 10.9. The fourth-order valence-electron chi connectivity index (χ4n) is 2.06. The van der Waals surface area contributed by atoms with E-state index >= 15 is 0 Å². The van der Waals surface area contributed by atoms with Gasteiger partial charge in [-0.1, -0.05) is 50.6 Å². The second-order valence-corrected chi connectivity index (χ2v) is 8.77. The Morgan fingerprint density at radius 1 is 1.21 bits per heavy atom. The van der Waals surface area contributed by atoms with Crippen molar-refractivity contribution in [2.75, 3.05) is 0 Å². The Kier molecular flexibility index (Phi) is 6.32. The van der Waals surface area contributed by atoms with Crippen molar-refractivity contribution in [2.45, 2.75) is 38.1 Å². The lowest BCUT2D eigenvalue weighted by atomic mass is 9.82. The number of nitrogens with two attached hydrogens (primary N) is 1. The van der Waals surface area contributed by atoms with Crippen LogP contribution < -0.4 is 5.73 Å². The molecule has 0 aliphatic heterocycles. The molecule has 0 aromatic heterocycles. The van der Waals surface area contributed by atoms with Crippen molar-refractivity contribution < 1.29 is 23.1 Å². The molecule has 0 heterocycles. The average molecular weight is 374 g/mol. The number of benzene rings is 1. The van der Waals surface area contributed by atoms with E-state index in [0.29, 0.717) is 0 Å². The summed E-state index contributed by atoms with van der Waals surface area (Å²) in [6, 6.07) is 6.06. The van der Waals surface area contributed by atoms with E-state index in [1.54, 1.807) is 26.8 Å². The van der Waals surface area contributed by atoms with Crippen molar-refractivity contribution in [2.24, 2.45) is 11.1 Å². The van der Waals surface area contributed by atoms with Crippen LogP contribution >= 0.6 is 11.6 Å². The molecule has 1 atom stereocenters. The molecule has 8 heteroatoms. The van der Waals surface area contributed by atoms with Crippen LogP contribution in [0.3, 0.4) is 0 Å². The monoisotopic (exact) mass is 373 g/mol. The molecule has 0 spiro atoms. The number of hydrogen-bond acceptors (Lipinski definition) is 5. The van der Waals surface area contributed by atoms with Crippen LogP contribution in [0.1, 0.15) is 27.2 Å². The molecule has 0 aliphatic carbocycles. The van der Waals surface area contributed by atoms with E-state index in [4.69, 9.17) is 22.4 Å². The second-order valence-electron chi connectivity index (χ2n) is 6.28. The van der Waals surface area contributed by atoms with Gasteiger partial charge < -0.3 is 10.8 Å². The SMILES string of the molecule is CC(C)(C)C(C(=O)[C@@H](N)CC(=O)O)=C(Cl)S(=O)(=O)c1ccccc1. The Labute approximate surface area is 146 Å². The number of carboxylic acid groups (broad SMARTS) is 1. The van der Waals surface area contributed by atoms with Crippen molar-refractivity contribution in [1.29, 1.82) is 0 Å². The number of sulfone groups is 1. The molecule has 24 heavy (non-hydrogen) atoms. The first kappa shape index (κ1) is 20.3. The minimum Gasteiger partial charge on any atom is -0.481 e. The summed E-state index contributed by atoms with van der Waals surface area (Å²) in [6.07, 6.45) is -0.617. The van der Waals surface area contributed by atoms with Crippen molar-refractivity contribution in [3.63, 3.8) is 0 Å². The second kappa shape index (κ2) is 7.46. The van der Waals surface area contributed by atoms with Crippen LogP contribution in [0, 0.1) is 5.41 Å². The first-order valence-corrected chi connectivity index (χ1v) is 8.97. The third kappa shape index (κ3) is 4.66. The van der Waals surface area contributed by atoms with Gasteiger partial charge in [-0.3, -0.25) is 9.59 Å². The highest BCUT2D eigenvalue weighted by atomic mass is 35.5. The van der Waals surface area contributed by atoms with E-state index in [2.05, 4.69) is 0 Å². The fraction of sp³-hybridized carbons (Fsp3) is 0.375. The Hall–Kier alpha value is -1.70. The summed E-state index contributed by atoms with van der Waals surface area (Å²) in [5.74, 6) is -2.06. The summed E-state index contributed by atoms with van der Waals surface area (Å²) in [5.41, 5.74) is 4.47. The summed E-state index contributed by atoms with van der Waals surface area (Å²) < 4.78 is 24.7. The number of Topliss-reactive ketones (excluding diaryl/α,β-unsaturated/α-hetero) is 1. The fourth-order valence-corrected chi connectivity index (χ4v) is 4.11. The Morgan fingerprint density at radius 3 is 2.12 bits per heavy atom. The van der Waals surface area contributed by atoms with E-state index < -0.39 is 43.8 Å². The molecule has 6 nitrogen and oxygen atoms in total. The lowest BCUT2D eigenvalue weighted by Gasteiger charge is -2.25. The number of hydrogen-bond donors (Lipinski definition) is 2. The third-order valence-corrected chi connectivity index (χ3v) is 5.58. The minimum absolute atomic E-state index is 0.0589. The first-order valence-electron chi connectivity index (χ1n) is 7.11. The van der Waals surface area contributed by atoms with Gasteiger partial charge >= 0.3 is 5.97 Å². The molecule has 3 N–H and O–H groups in total. The number of ketones is 1. The number of carbonyl (C=O) groups excluding carboxylic acids is 1. The number of carboxylic acids is 1. The van der Waals surface area contributed by atoms with Gasteiger partial charge in [-0.2, -0.15) is 0 Å². The molecular formula is C16H20ClNO5S. The van der Waals surface area contributed by atoms with Crippen LogP contribution in [0.25, 0.3) is 0 Å². The maximum atomic E-state index is 12.7. The Morgan fingerprint density at radius 2 is 1.71 bits per heavy atom. The van der Waals surface area contributed by atoms with E-state index in [1.165, 1.54) is 24.3 Å². The summed E-state index contributed by atoms with van der Waals surface area (Å²) in [5, 5.41) is 8.79. The van der Waals surface area contributed by atoms with Crippen molar-refractivity contribution in [3.05, 3.63) is 40.3 Å². The van der Waals surface area contributed by atoms with Crippen LogP contribution in [-0.4, -0.2) is 31.3 Å². The molecule has 0 aliphatic rings. The van der Waals surface area contributed by atoms with E-state index in [-0.39, 0.29) is 10.5 Å². The van der Waals surface area contributed by atoms with Gasteiger partial charge in [-0.25, -0.2) is 8.42 Å². The van der Waals surface area contributed by atoms with Gasteiger partial charge in [0.1, 0.15) is 4.36 Å². The van der Waals surface area contributed by atoms with Crippen LogP contribution in [0.4, 0.5) is 0 Å². The molecule has 1 aromatic rings. The zero-order chi connectivity index (χ0) is 18.7. The zero-order valence-electron chi connectivity index (χ0n) is 13.6. The van der Waals surface area contributed by atoms with Gasteiger partial charge in [0.25, 0.3) is 0 Å². The maximum Gasteiger partial charge on any atom is 0.305 e. The predicted octanol–water partition coefficient (Wildman–Crippen LogP) is 2.33. The van der Waals surface area contributed by atoms with Gasteiger partial charge in [-0.05, 0) is 17.5 Å². The Bertz CT molecular complexity index is 763. The molecule has 0 saturated heterocycles. The van der Waals surface area contributed by atoms with Crippen molar-refractivity contribution in [3.8, 4) is 0 Å². The molecule has 0 radical (unpaired) electrons. The summed E-state index contributed by atoms with van der Waals surface area (Å²) in [6.45, 7) is 4.82. The molecule has 0 fully saturated rings. The zero-order valence-corrected chi connectivity index (χ0v) is 15.2. The normalized spacial score (nSPS) is 14.7. The van der Waals surface area contributed by atoms with Crippen molar-refractivity contribution >= 4 is 33.2 Å². The van der Waals surface area contributed by atoms with Crippen LogP contribution in [-0.2, 0) is 19.4 Å². The highest BCUT2D eigenvalue weighted by Crippen LogP contribution is 2.36. The molecule has 0 saturated carbocycles. The van der Waals surface area contributed by atoms with Gasteiger partial charge in [0, 0.05) is 5.57 Å². The standard InChI is InChI=1S/C16H20ClNO5S/c1-16(2,3)13(14(21)11(18)9-12(19)20)15(17)24(22,23)10-7-5-4-6-8-10/h4-8,11H,9,18H2,1-3H3,(H,19,20)/t11-/m0/s1. The van der Waals surface area contributed by atoms with E-state index in [9.17, 15) is 18.0 Å². The molecule has 0 bridgehead atoms. The molecule has 0 unspecified atom stereocenters. The van der Waals surface area contributed by atoms with Gasteiger partial charge in [0.15, 0.2) is 5.78 Å².